The van der Waals surface area contributed by atoms with Crippen molar-refractivity contribution in [2.24, 2.45) is 0 Å². The molecule has 1 saturated heterocycles. The second-order valence-electron chi connectivity index (χ2n) is 1.60. The number of hydroxylamine groups is 1. The number of carboxylic acids is 1. The Morgan fingerprint density at radius 3 is 3.00 bits per heavy atom. The molecular formula is C4H7NO3S. The highest BCUT2D eigenvalue weighted by molar-refractivity contribution is 8.00. The highest BCUT2D eigenvalue weighted by Crippen LogP contribution is 2.14. The Morgan fingerprint density at radius 2 is 2.67 bits per heavy atom. The monoisotopic (exact) mass is 149 g/mol. The van der Waals surface area contributed by atoms with Gasteiger partial charge in [0.2, 0.25) is 0 Å². The van der Waals surface area contributed by atoms with Gasteiger partial charge >= 0.3 is 5.97 Å². The standard InChI is InChI=1S/C4H7NO3S/c6-3(7)2-9-4-1-5-8-4/h4-5H,1-2H2,(H,6,7). The Morgan fingerprint density at radius 1 is 2.00 bits per heavy atom. The van der Waals surface area contributed by atoms with Crippen molar-refractivity contribution in [3.63, 3.8) is 0 Å². The normalized spacial score (nSPS) is 25.1. The van der Waals surface area contributed by atoms with Crippen LogP contribution in [0.3, 0.4) is 0 Å². The van der Waals surface area contributed by atoms with Crippen LogP contribution in [0.4, 0.5) is 0 Å². The summed E-state index contributed by atoms with van der Waals surface area (Å²) in [6.45, 7) is 0.748. The zero-order valence-electron chi connectivity index (χ0n) is 4.66. The van der Waals surface area contributed by atoms with E-state index in [1.54, 1.807) is 0 Å². The van der Waals surface area contributed by atoms with Gasteiger partial charge in [-0.05, 0) is 0 Å². The lowest BCUT2D eigenvalue weighted by atomic mass is 10.7. The average molecular weight is 149 g/mol. The van der Waals surface area contributed by atoms with Gasteiger partial charge in [0.1, 0.15) is 5.44 Å². The molecule has 0 aliphatic carbocycles. The lowest BCUT2D eigenvalue weighted by Crippen LogP contribution is -2.42. The summed E-state index contributed by atoms with van der Waals surface area (Å²) in [5.41, 5.74) is 2.61. The van der Waals surface area contributed by atoms with Gasteiger partial charge in [0, 0.05) is 0 Å². The smallest absolute Gasteiger partial charge is 0.313 e. The van der Waals surface area contributed by atoms with Crippen LogP contribution < -0.4 is 5.48 Å². The molecule has 1 aliphatic rings. The number of nitrogens with one attached hydrogen (secondary N) is 1. The predicted molar refractivity (Wildman–Crippen MR) is 33.0 cm³/mol. The Labute approximate surface area is 56.5 Å². The third-order valence-electron chi connectivity index (χ3n) is 0.857. The molecule has 1 fully saturated rings. The molecule has 0 aromatic rings. The van der Waals surface area contributed by atoms with Gasteiger partial charge in [-0.3, -0.25) is 9.63 Å². The molecule has 0 spiro atoms. The quantitative estimate of drug-likeness (QED) is 0.575. The van der Waals surface area contributed by atoms with Crippen molar-refractivity contribution in [2.75, 3.05) is 12.3 Å². The lowest BCUT2D eigenvalue weighted by Gasteiger charge is -2.25. The molecule has 52 valence electrons. The second-order valence-corrected chi connectivity index (χ2v) is 2.75. The van der Waals surface area contributed by atoms with Crippen LogP contribution in [-0.4, -0.2) is 28.8 Å². The molecule has 0 aromatic carbocycles. The summed E-state index contributed by atoms with van der Waals surface area (Å²) >= 11 is 1.29. The van der Waals surface area contributed by atoms with E-state index < -0.39 is 5.97 Å². The molecule has 0 aromatic heterocycles. The number of thioether (sulfide) groups is 1. The maximum Gasteiger partial charge on any atom is 0.313 e. The zero-order valence-corrected chi connectivity index (χ0v) is 5.48. The zero-order chi connectivity index (χ0) is 6.69. The van der Waals surface area contributed by atoms with Crippen LogP contribution in [0.5, 0.6) is 0 Å². The maximum atomic E-state index is 9.95. The molecule has 0 bridgehead atoms. The van der Waals surface area contributed by atoms with E-state index in [4.69, 9.17) is 9.94 Å². The van der Waals surface area contributed by atoms with Crippen molar-refractivity contribution in [1.29, 1.82) is 0 Å². The number of carboxylic acid groups (broad SMARTS) is 1. The Bertz CT molecular complexity index is 114. The first-order valence-corrected chi connectivity index (χ1v) is 3.56. The minimum Gasteiger partial charge on any atom is -0.481 e. The number of hydrogen-bond acceptors (Lipinski definition) is 4. The van der Waals surface area contributed by atoms with Crippen molar-refractivity contribution in [1.82, 2.24) is 5.48 Å². The second kappa shape index (κ2) is 3.05. The average Bonchev–Trinajstić information content (AvgIpc) is 1.60. The van der Waals surface area contributed by atoms with Crippen molar-refractivity contribution in [3.05, 3.63) is 0 Å². The van der Waals surface area contributed by atoms with Gasteiger partial charge in [0.25, 0.3) is 0 Å². The Hall–Kier alpha value is -0.260. The molecule has 0 radical (unpaired) electrons. The topological polar surface area (TPSA) is 58.6 Å². The maximum absolute atomic E-state index is 9.95. The minimum absolute atomic E-state index is 0.0427. The third-order valence-corrected chi connectivity index (χ3v) is 1.91. The fourth-order valence-corrected chi connectivity index (χ4v) is 1.06. The summed E-state index contributed by atoms with van der Waals surface area (Å²) in [4.78, 5) is 14.7. The van der Waals surface area contributed by atoms with Gasteiger partial charge in [-0.2, -0.15) is 5.48 Å². The number of aliphatic carboxylic acids is 1. The van der Waals surface area contributed by atoms with E-state index in [2.05, 4.69) is 5.48 Å². The fourth-order valence-electron chi connectivity index (χ4n) is 0.409. The summed E-state index contributed by atoms with van der Waals surface area (Å²) in [6.07, 6.45) is 0. The SMILES string of the molecule is O=C(O)CSC1CNO1. The summed E-state index contributed by atoms with van der Waals surface area (Å²) < 4.78 is 0. The van der Waals surface area contributed by atoms with Crippen LogP contribution in [0.25, 0.3) is 0 Å². The van der Waals surface area contributed by atoms with Crippen molar-refractivity contribution >= 4 is 17.7 Å². The van der Waals surface area contributed by atoms with Crippen molar-refractivity contribution < 1.29 is 14.7 Å². The van der Waals surface area contributed by atoms with Gasteiger partial charge < -0.3 is 5.11 Å². The highest BCUT2D eigenvalue weighted by Gasteiger charge is 2.18. The fraction of sp³-hybridized carbons (Fsp3) is 0.750. The summed E-state index contributed by atoms with van der Waals surface area (Å²) in [7, 11) is 0. The van der Waals surface area contributed by atoms with Crippen LogP contribution in [0.1, 0.15) is 0 Å². The Balaban J connectivity index is 1.97. The van der Waals surface area contributed by atoms with Crippen LogP contribution in [0.2, 0.25) is 0 Å². The minimum atomic E-state index is -0.796. The van der Waals surface area contributed by atoms with E-state index >= 15 is 0 Å². The van der Waals surface area contributed by atoms with E-state index in [0.29, 0.717) is 0 Å². The highest BCUT2D eigenvalue weighted by atomic mass is 32.2. The molecule has 1 unspecified atom stereocenters. The molecule has 1 heterocycles. The van der Waals surface area contributed by atoms with Gasteiger partial charge in [-0.25, -0.2) is 0 Å². The van der Waals surface area contributed by atoms with Gasteiger partial charge in [0.15, 0.2) is 0 Å². The van der Waals surface area contributed by atoms with Crippen molar-refractivity contribution in [3.8, 4) is 0 Å². The molecule has 1 rings (SSSR count). The first kappa shape index (κ1) is 6.85. The third kappa shape index (κ3) is 2.21. The first-order valence-electron chi connectivity index (χ1n) is 2.51. The van der Waals surface area contributed by atoms with Crippen molar-refractivity contribution in [2.45, 2.75) is 5.44 Å². The molecule has 1 aliphatic heterocycles. The lowest BCUT2D eigenvalue weighted by molar-refractivity contribution is -0.134. The molecule has 2 N–H and O–H groups in total. The summed E-state index contributed by atoms with van der Waals surface area (Å²) in [6, 6.07) is 0. The van der Waals surface area contributed by atoms with E-state index in [1.165, 1.54) is 11.8 Å². The van der Waals surface area contributed by atoms with Gasteiger partial charge in [-0.1, -0.05) is 0 Å². The molecule has 0 saturated carbocycles. The van der Waals surface area contributed by atoms with Crippen LogP contribution >= 0.6 is 11.8 Å². The molecule has 4 nitrogen and oxygen atoms in total. The van der Waals surface area contributed by atoms with E-state index in [-0.39, 0.29) is 11.2 Å². The van der Waals surface area contributed by atoms with Crippen LogP contribution in [-0.2, 0) is 9.63 Å². The van der Waals surface area contributed by atoms with E-state index in [9.17, 15) is 4.79 Å². The molecular weight excluding hydrogens is 142 g/mol. The number of hydrogen-bond donors (Lipinski definition) is 2. The van der Waals surface area contributed by atoms with Gasteiger partial charge in [-0.15, -0.1) is 11.8 Å². The number of carbonyl (C=O) groups is 1. The summed E-state index contributed by atoms with van der Waals surface area (Å²) in [5, 5.41) is 8.19. The van der Waals surface area contributed by atoms with E-state index in [0.717, 1.165) is 6.54 Å². The van der Waals surface area contributed by atoms with Gasteiger partial charge in [0.05, 0.1) is 12.3 Å². The molecule has 0 amide bonds. The van der Waals surface area contributed by atoms with Crippen LogP contribution in [0, 0.1) is 0 Å². The van der Waals surface area contributed by atoms with E-state index in [1.807, 2.05) is 0 Å². The molecule has 9 heavy (non-hydrogen) atoms. The van der Waals surface area contributed by atoms with Crippen LogP contribution in [0.15, 0.2) is 0 Å². The number of rotatable bonds is 3. The predicted octanol–water partition coefficient (Wildman–Crippen LogP) is -0.335. The summed E-state index contributed by atoms with van der Waals surface area (Å²) in [5.74, 6) is -0.678. The first-order chi connectivity index (χ1) is 4.29. The largest absolute Gasteiger partial charge is 0.481 e. The Kier molecular flexibility index (Phi) is 2.32. The molecule has 5 heteroatoms. The molecule has 1 atom stereocenters.